The molecule has 1 saturated carbocycles. The molecule has 0 spiro atoms. The Hall–Kier alpha value is -0.870. The lowest BCUT2D eigenvalue weighted by atomic mass is 9.69. The lowest BCUT2D eigenvalue weighted by Gasteiger charge is -2.36. The van der Waals surface area contributed by atoms with E-state index in [4.69, 9.17) is 14.6 Å². The van der Waals surface area contributed by atoms with E-state index in [2.05, 4.69) is 0 Å². The minimum Gasteiger partial charge on any atom is -0.500 e. The number of ether oxygens (including phenoxy) is 2. The van der Waals surface area contributed by atoms with Crippen molar-refractivity contribution in [1.29, 1.82) is 0 Å². The number of hydrogen-bond donors (Lipinski definition) is 1. The number of epoxide rings is 1. The van der Waals surface area contributed by atoms with Gasteiger partial charge in [-0.05, 0) is 25.7 Å². The van der Waals surface area contributed by atoms with Crippen molar-refractivity contribution in [3.05, 3.63) is 11.8 Å². The Morgan fingerprint density at radius 1 is 1.65 bits per heavy atom. The number of hydrogen-bond acceptors (Lipinski definition) is 4. The van der Waals surface area contributed by atoms with E-state index in [1.807, 2.05) is 0 Å². The van der Waals surface area contributed by atoms with Crippen LogP contribution in [0.25, 0.3) is 0 Å². The van der Waals surface area contributed by atoms with Gasteiger partial charge in [-0.1, -0.05) is 0 Å². The molecule has 94 valence electrons. The first-order valence-corrected chi connectivity index (χ1v) is 6.27. The quantitative estimate of drug-likeness (QED) is 0.746. The van der Waals surface area contributed by atoms with Crippen LogP contribution >= 0.6 is 0 Å². The molecule has 2 fully saturated rings. The second kappa shape index (κ2) is 3.82. The zero-order chi connectivity index (χ0) is 12.0. The van der Waals surface area contributed by atoms with Crippen LogP contribution in [-0.2, 0) is 14.3 Å². The Kier molecular flexibility index (Phi) is 2.52. The SMILES string of the molecule is CC(=O)C1=COCC2CC3(CCO)O[C@H]3CC12. The first-order valence-electron chi connectivity index (χ1n) is 6.27. The maximum Gasteiger partial charge on any atom is 0.159 e. The van der Waals surface area contributed by atoms with E-state index < -0.39 is 0 Å². The summed E-state index contributed by atoms with van der Waals surface area (Å²) in [6.07, 6.45) is 4.38. The second-order valence-electron chi connectivity index (χ2n) is 5.41. The number of aliphatic hydroxyl groups is 1. The molecule has 3 unspecified atom stereocenters. The third-order valence-electron chi connectivity index (χ3n) is 4.41. The number of ketones is 1. The van der Waals surface area contributed by atoms with E-state index >= 15 is 0 Å². The van der Waals surface area contributed by atoms with Crippen LogP contribution in [0.1, 0.15) is 26.2 Å². The van der Waals surface area contributed by atoms with Crippen molar-refractivity contribution >= 4 is 5.78 Å². The van der Waals surface area contributed by atoms with Crippen molar-refractivity contribution in [2.75, 3.05) is 13.2 Å². The van der Waals surface area contributed by atoms with Gasteiger partial charge in [0, 0.05) is 24.5 Å². The van der Waals surface area contributed by atoms with E-state index in [9.17, 15) is 4.79 Å². The van der Waals surface area contributed by atoms with Crippen LogP contribution in [0.15, 0.2) is 11.8 Å². The molecule has 2 aliphatic heterocycles. The van der Waals surface area contributed by atoms with Crippen LogP contribution in [0.4, 0.5) is 0 Å². The maximum absolute atomic E-state index is 11.6. The van der Waals surface area contributed by atoms with Gasteiger partial charge in [-0.3, -0.25) is 4.79 Å². The van der Waals surface area contributed by atoms with Crippen molar-refractivity contribution in [2.24, 2.45) is 11.8 Å². The van der Waals surface area contributed by atoms with Gasteiger partial charge in [0.2, 0.25) is 0 Å². The van der Waals surface area contributed by atoms with Crippen molar-refractivity contribution < 1.29 is 19.4 Å². The maximum atomic E-state index is 11.6. The van der Waals surface area contributed by atoms with Gasteiger partial charge < -0.3 is 14.6 Å². The molecule has 0 radical (unpaired) electrons. The van der Waals surface area contributed by atoms with E-state index in [1.54, 1.807) is 13.2 Å². The molecule has 1 N–H and O–H groups in total. The van der Waals surface area contributed by atoms with E-state index in [-0.39, 0.29) is 24.1 Å². The molecule has 3 rings (SSSR count). The number of Topliss-reactive ketones (excluding diaryl/α,β-unsaturated/α-hetero) is 1. The number of carbonyl (C=O) groups excluding carboxylic acids is 1. The third-order valence-corrected chi connectivity index (χ3v) is 4.41. The minimum absolute atomic E-state index is 0.106. The molecule has 0 aromatic carbocycles. The highest BCUT2D eigenvalue weighted by Crippen LogP contribution is 2.56. The van der Waals surface area contributed by atoms with Crippen LogP contribution in [0.3, 0.4) is 0 Å². The zero-order valence-electron chi connectivity index (χ0n) is 10.0. The van der Waals surface area contributed by atoms with E-state index in [0.717, 1.165) is 18.4 Å². The Morgan fingerprint density at radius 2 is 2.47 bits per heavy atom. The molecule has 0 bridgehead atoms. The Morgan fingerprint density at radius 3 is 3.18 bits per heavy atom. The number of rotatable bonds is 3. The summed E-state index contributed by atoms with van der Waals surface area (Å²) in [7, 11) is 0. The highest BCUT2D eigenvalue weighted by atomic mass is 16.6. The second-order valence-corrected chi connectivity index (χ2v) is 5.41. The standard InChI is InChI=1S/C13H18O4/c1-8(15)11-7-16-6-9-5-13(2-3-14)12(17-13)4-10(9)11/h7,9-10,12,14H,2-6H2,1H3/t9?,10?,12-,13?/m0/s1. The van der Waals surface area contributed by atoms with Gasteiger partial charge in [0.15, 0.2) is 5.78 Å². The van der Waals surface area contributed by atoms with Gasteiger partial charge in [-0.15, -0.1) is 0 Å². The summed E-state index contributed by atoms with van der Waals surface area (Å²) in [5.74, 6) is 0.764. The fourth-order valence-electron chi connectivity index (χ4n) is 3.46. The molecule has 0 aromatic heterocycles. The molecule has 2 heterocycles. The normalized spacial score (nSPS) is 42.9. The molecule has 1 aliphatic carbocycles. The van der Waals surface area contributed by atoms with Gasteiger partial charge in [0.25, 0.3) is 0 Å². The van der Waals surface area contributed by atoms with Crippen LogP contribution < -0.4 is 0 Å². The molecule has 4 nitrogen and oxygen atoms in total. The molecule has 0 amide bonds. The fraction of sp³-hybridized carbons (Fsp3) is 0.769. The predicted molar refractivity (Wildman–Crippen MR) is 60.2 cm³/mol. The fourth-order valence-corrected chi connectivity index (χ4v) is 3.46. The Labute approximate surface area is 101 Å². The summed E-state index contributed by atoms with van der Waals surface area (Å²) in [6, 6.07) is 0. The Balaban J connectivity index is 1.78. The summed E-state index contributed by atoms with van der Waals surface area (Å²) in [5.41, 5.74) is 0.702. The average molecular weight is 238 g/mol. The molecule has 17 heavy (non-hydrogen) atoms. The Bertz CT molecular complexity index is 376. The lowest BCUT2D eigenvalue weighted by molar-refractivity contribution is -0.115. The van der Waals surface area contributed by atoms with Crippen molar-refractivity contribution in [1.82, 2.24) is 0 Å². The molecule has 0 aromatic rings. The van der Waals surface area contributed by atoms with Gasteiger partial charge >= 0.3 is 0 Å². The molecule has 3 aliphatic rings. The van der Waals surface area contributed by atoms with Gasteiger partial charge in [-0.2, -0.15) is 0 Å². The summed E-state index contributed by atoms with van der Waals surface area (Å²) < 4.78 is 11.2. The summed E-state index contributed by atoms with van der Waals surface area (Å²) in [5, 5.41) is 9.07. The van der Waals surface area contributed by atoms with Crippen LogP contribution in [0.5, 0.6) is 0 Å². The molecule has 4 heteroatoms. The monoisotopic (exact) mass is 238 g/mol. The minimum atomic E-state index is -0.113. The van der Waals surface area contributed by atoms with Crippen molar-refractivity contribution in [3.8, 4) is 0 Å². The lowest BCUT2D eigenvalue weighted by Crippen LogP contribution is -2.38. The topological polar surface area (TPSA) is 59.1 Å². The largest absolute Gasteiger partial charge is 0.500 e. The molecule has 1 saturated heterocycles. The third kappa shape index (κ3) is 1.70. The summed E-state index contributed by atoms with van der Waals surface area (Å²) in [4.78, 5) is 11.6. The van der Waals surface area contributed by atoms with Crippen LogP contribution in [-0.4, -0.2) is 35.8 Å². The average Bonchev–Trinajstić information content (AvgIpc) is 2.97. The highest BCUT2D eigenvalue weighted by molar-refractivity contribution is 5.93. The highest BCUT2D eigenvalue weighted by Gasteiger charge is 2.62. The zero-order valence-corrected chi connectivity index (χ0v) is 10.0. The predicted octanol–water partition coefficient (Wildman–Crippen LogP) is 1.04. The number of fused-ring (bicyclic) bond motifs is 2. The number of allylic oxidation sites excluding steroid dienone is 1. The van der Waals surface area contributed by atoms with Crippen LogP contribution in [0.2, 0.25) is 0 Å². The molecular weight excluding hydrogens is 220 g/mol. The summed E-state index contributed by atoms with van der Waals surface area (Å²) in [6.45, 7) is 2.44. The molecular formula is C13H18O4. The number of aliphatic hydroxyl groups excluding tert-OH is 1. The molecule has 4 atom stereocenters. The van der Waals surface area contributed by atoms with Gasteiger partial charge in [0.1, 0.15) is 0 Å². The van der Waals surface area contributed by atoms with E-state index in [1.165, 1.54) is 0 Å². The first-order chi connectivity index (χ1) is 8.16. The number of carbonyl (C=O) groups is 1. The smallest absolute Gasteiger partial charge is 0.159 e. The van der Waals surface area contributed by atoms with Gasteiger partial charge in [-0.25, -0.2) is 0 Å². The van der Waals surface area contributed by atoms with Crippen molar-refractivity contribution in [2.45, 2.75) is 37.9 Å². The first kappa shape index (κ1) is 11.2. The van der Waals surface area contributed by atoms with Crippen molar-refractivity contribution in [3.63, 3.8) is 0 Å². The van der Waals surface area contributed by atoms with Gasteiger partial charge in [0.05, 0.1) is 24.6 Å². The summed E-state index contributed by atoms with van der Waals surface area (Å²) >= 11 is 0. The van der Waals surface area contributed by atoms with E-state index in [0.29, 0.717) is 24.9 Å². The van der Waals surface area contributed by atoms with Crippen LogP contribution in [0, 0.1) is 11.8 Å².